The van der Waals surface area contributed by atoms with Crippen LogP contribution in [0.3, 0.4) is 0 Å². The molecule has 14 heavy (non-hydrogen) atoms. The van der Waals surface area contributed by atoms with Crippen molar-refractivity contribution in [3.8, 4) is 0 Å². The van der Waals surface area contributed by atoms with Crippen LogP contribution in [0.1, 0.15) is 64.2 Å². The summed E-state index contributed by atoms with van der Waals surface area (Å²) in [6.45, 7) is 0.278. The molecule has 0 heterocycles. The highest BCUT2D eigenvalue weighted by molar-refractivity contribution is 5.01. The van der Waals surface area contributed by atoms with Gasteiger partial charge in [-0.2, -0.15) is 0 Å². The quantitative estimate of drug-likeness (QED) is 0.632. The molecule has 0 aliphatic heterocycles. The molecule has 0 fully saturated rings. The van der Waals surface area contributed by atoms with Gasteiger partial charge in [0.25, 0.3) is 0 Å². The largest absolute Gasteiger partial charge is 0.392 e. The van der Waals surface area contributed by atoms with Crippen molar-refractivity contribution >= 4 is 0 Å². The molecule has 1 aliphatic rings. The molecule has 0 aromatic rings. The molecule has 0 aromatic heterocycles. The zero-order valence-electron chi connectivity index (χ0n) is 9.30. The molecule has 0 spiro atoms. The van der Waals surface area contributed by atoms with Crippen molar-refractivity contribution in [2.75, 3.05) is 6.61 Å². The minimum absolute atomic E-state index is 0.278. The number of rotatable bonds is 1. The maximum atomic E-state index is 9.13. The summed E-state index contributed by atoms with van der Waals surface area (Å²) >= 11 is 0. The lowest BCUT2D eigenvalue weighted by Gasteiger charge is -2.07. The van der Waals surface area contributed by atoms with Gasteiger partial charge >= 0.3 is 0 Å². The lowest BCUT2D eigenvalue weighted by Crippen LogP contribution is -1.92. The molecule has 1 N–H and O–H groups in total. The van der Waals surface area contributed by atoms with Gasteiger partial charge in [0.05, 0.1) is 6.61 Å². The molecule has 1 heteroatoms. The second kappa shape index (κ2) is 8.05. The molecule has 0 aromatic carbocycles. The third-order valence-corrected chi connectivity index (χ3v) is 3.09. The van der Waals surface area contributed by atoms with Crippen LogP contribution in [0.4, 0.5) is 0 Å². The zero-order chi connectivity index (χ0) is 10.1. The van der Waals surface area contributed by atoms with Crippen LogP contribution in [0.15, 0.2) is 11.6 Å². The summed E-state index contributed by atoms with van der Waals surface area (Å²) in [5, 5.41) is 9.13. The van der Waals surface area contributed by atoms with E-state index in [0.717, 1.165) is 6.42 Å². The van der Waals surface area contributed by atoms with Crippen molar-refractivity contribution in [2.45, 2.75) is 64.2 Å². The predicted molar refractivity (Wildman–Crippen MR) is 61.3 cm³/mol. The third kappa shape index (κ3) is 5.43. The fourth-order valence-electron chi connectivity index (χ4n) is 2.11. The highest BCUT2D eigenvalue weighted by atomic mass is 16.3. The topological polar surface area (TPSA) is 20.2 Å². The highest BCUT2D eigenvalue weighted by Crippen LogP contribution is 2.16. The van der Waals surface area contributed by atoms with Crippen molar-refractivity contribution in [2.24, 2.45) is 0 Å². The van der Waals surface area contributed by atoms with E-state index in [0.29, 0.717) is 0 Å². The molecule has 82 valence electrons. The number of allylic oxidation sites excluding steroid dienone is 1. The molecule has 0 radical (unpaired) electrons. The smallest absolute Gasteiger partial charge is 0.0641 e. The van der Waals surface area contributed by atoms with Crippen molar-refractivity contribution in [3.63, 3.8) is 0 Å². The van der Waals surface area contributed by atoms with Crippen molar-refractivity contribution in [1.82, 2.24) is 0 Å². The van der Waals surface area contributed by atoms with E-state index in [2.05, 4.69) is 6.08 Å². The molecular formula is C13H24O. The molecule has 1 aliphatic carbocycles. The van der Waals surface area contributed by atoms with Crippen molar-refractivity contribution in [3.05, 3.63) is 11.6 Å². The first-order valence-corrected chi connectivity index (χ1v) is 6.22. The van der Waals surface area contributed by atoms with Gasteiger partial charge in [0.15, 0.2) is 0 Å². The summed E-state index contributed by atoms with van der Waals surface area (Å²) in [4.78, 5) is 0. The highest BCUT2D eigenvalue weighted by Gasteiger charge is 1.98. The summed E-state index contributed by atoms with van der Waals surface area (Å²) in [5.41, 5.74) is 1.27. The van der Waals surface area contributed by atoms with Gasteiger partial charge < -0.3 is 5.11 Å². The average Bonchev–Trinajstić information content (AvgIpc) is 2.19. The van der Waals surface area contributed by atoms with Crippen LogP contribution < -0.4 is 0 Å². The van der Waals surface area contributed by atoms with Crippen molar-refractivity contribution < 1.29 is 5.11 Å². The Morgan fingerprint density at radius 3 is 2.07 bits per heavy atom. The third-order valence-electron chi connectivity index (χ3n) is 3.09. The first-order chi connectivity index (χ1) is 6.93. The van der Waals surface area contributed by atoms with E-state index >= 15 is 0 Å². The number of hydrogen-bond donors (Lipinski definition) is 1. The van der Waals surface area contributed by atoms with Crippen LogP contribution >= 0.6 is 0 Å². The number of aliphatic hydroxyl groups excluding tert-OH is 1. The van der Waals surface area contributed by atoms with E-state index in [-0.39, 0.29) is 6.61 Å². The van der Waals surface area contributed by atoms with Gasteiger partial charge in [0.1, 0.15) is 0 Å². The summed E-state index contributed by atoms with van der Waals surface area (Å²) in [6, 6.07) is 0. The number of hydrogen-bond acceptors (Lipinski definition) is 1. The fourth-order valence-corrected chi connectivity index (χ4v) is 2.11. The van der Waals surface area contributed by atoms with Crippen LogP contribution in [0.25, 0.3) is 0 Å². The average molecular weight is 196 g/mol. The van der Waals surface area contributed by atoms with E-state index in [1.165, 1.54) is 63.4 Å². The van der Waals surface area contributed by atoms with Crippen LogP contribution in [0, 0.1) is 0 Å². The maximum Gasteiger partial charge on any atom is 0.0641 e. The van der Waals surface area contributed by atoms with Gasteiger partial charge in [-0.05, 0) is 31.3 Å². The van der Waals surface area contributed by atoms with Gasteiger partial charge in [-0.15, -0.1) is 0 Å². The second-order valence-corrected chi connectivity index (χ2v) is 4.39. The summed E-state index contributed by atoms with van der Waals surface area (Å²) < 4.78 is 0. The van der Waals surface area contributed by atoms with Gasteiger partial charge in [0, 0.05) is 0 Å². The molecule has 0 saturated heterocycles. The first kappa shape index (κ1) is 11.8. The minimum Gasteiger partial charge on any atom is -0.392 e. The Morgan fingerprint density at radius 2 is 1.43 bits per heavy atom. The lowest BCUT2D eigenvalue weighted by atomic mass is 10.0. The van der Waals surface area contributed by atoms with E-state index in [1.807, 2.05) is 0 Å². The summed E-state index contributed by atoms with van der Waals surface area (Å²) in [7, 11) is 0. The summed E-state index contributed by atoms with van der Waals surface area (Å²) in [6.07, 6.45) is 15.5. The zero-order valence-corrected chi connectivity index (χ0v) is 9.30. The Kier molecular flexibility index (Phi) is 6.77. The maximum absolute atomic E-state index is 9.13. The number of aliphatic hydroxyl groups is 1. The van der Waals surface area contributed by atoms with E-state index < -0.39 is 0 Å². The Labute approximate surface area is 88.2 Å². The Morgan fingerprint density at radius 1 is 0.857 bits per heavy atom. The van der Waals surface area contributed by atoms with Gasteiger partial charge in [-0.1, -0.05) is 44.6 Å². The molecule has 1 nitrogen and oxygen atoms in total. The van der Waals surface area contributed by atoms with Crippen LogP contribution in [-0.4, -0.2) is 11.7 Å². The minimum atomic E-state index is 0.278. The van der Waals surface area contributed by atoms with Crippen LogP contribution in [-0.2, 0) is 0 Å². The normalized spacial score (nSPS) is 25.6. The Hall–Kier alpha value is -0.300. The second-order valence-electron chi connectivity index (χ2n) is 4.39. The molecule has 0 amide bonds. The van der Waals surface area contributed by atoms with Crippen molar-refractivity contribution in [1.29, 1.82) is 0 Å². The Bertz CT molecular complexity index is 161. The molecule has 1 rings (SSSR count). The van der Waals surface area contributed by atoms with Gasteiger partial charge in [-0.3, -0.25) is 0 Å². The standard InChI is InChI=1S/C13H24O/c14-12-13-10-8-6-4-2-1-3-5-7-9-11-13/h10,14H,1-9,11-12H2/b13-10-. The van der Waals surface area contributed by atoms with Crippen LogP contribution in [0.5, 0.6) is 0 Å². The molecule has 0 saturated carbocycles. The van der Waals surface area contributed by atoms with Crippen LogP contribution in [0.2, 0.25) is 0 Å². The van der Waals surface area contributed by atoms with E-state index in [9.17, 15) is 0 Å². The van der Waals surface area contributed by atoms with Gasteiger partial charge in [-0.25, -0.2) is 0 Å². The molecular weight excluding hydrogens is 172 g/mol. The summed E-state index contributed by atoms with van der Waals surface area (Å²) in [5.74, 6) is 0. The predicted octanol–water partition coefficient (Wildman–Crippen LogP) is 3.82. The first-order valence-electron chi connectivity index (χ1n) is 6.22. The Balaban J connectivity index is 2.29. The SMILES string of the molecule is OC/C1=C\CCCCCCCCCC1. The molecule has 0 atom stereocenters. The van der Waals surface area contributed by atoms with Gasteiger partial charge in [0.2, 0.25) is 0 Å². The molecule has 0 unspecified atom stereocenters. The van der Waals surface area contributed by atoms with E-state index in [4.69, 9.17) is 5.11 Å². The molecule has 0 bridgehead atoms. The monoisotopic (exact) mass is 196 g/mol. The lowest BCUT2D eigenvalue weighted by molar-refractivity contribution is 0.324. The van der Waals surface area contributed by atoms with E-state index in [1.54, 1.807) is 0 Å². The fraction of sp³-hybridized carbons (Fsp3) is 0.846.